The zero-order chi connectivity index (χ0) is 13.2. The van der Waals surface area contributed by atoms with E-state index in [-0.39, 0.29) is 5.84 Å². The molecule has 4 N–H and O–H groups in total. The summed E-state index contributed by atoms with van der Waals surface area (Å²) in [6.07, 6.45) is 3.04. The summed E-state index contributed by atoms with van der Waals surface area (Å²) in [4.78, 5) is 6.34. The summed E-state index contributed by atoms with van der Waals surface area (Å²) in [5, 5.41) is 21.7. The third kappa shape index (κ3) is 2.53. The lowest BCUT2D eigenvalue weighted by molar-refractivity contribution is 0.0350. The molecule has 0 amide bonds. The van der Waals surface area contributed by atoms with E-state index in [1.807, 2.05) is 11.8 Å². The maximum Gasteiger partial charge on any atom is 0.173 e. The molecule has 1 fully saturated rings. The predicted octanol–water partition coefficient (Wildman–Crippen LogP) is 0.527. The Kier molecular flexibility index (Phi) is 3.38. The Balaban J connectivity index is 2.24. The molecule has 1 aromatic heterocycles. The van der Waals surface area contributed by atoms with Crippen LogP contribution in [0.15, 0.2) is 23.5 Å². The van der Waals surface area contributed by atoms with Gasteiger partial charge in [0.15, 0.2) is 5.84 Å². The number of oxime groups is 1. The number of hydrogen-bond acceptors (Lipinski definition) is 5. The molecule has 0 atom stereocenters. The highest BCUT2D eigenvalue weighted by Gasteiger charge is 2.29. The molecule has 0 spiro atoms. The summed E-state index contributed by atoms with van der Waals surface area (Å²) < 4.78 is 0. The molecule has 1 aromatic rings. The summed E-state index contributed by atoms with van der Waals surface area (Å²) >= 11 is 0. The number of rotatable bonds is 2. The normalized spacial score (nSPS) is 19.9. The molecule has 0 radical (unpaired) electrons. The first-order valence-corrected chi connectivity index (χ1v) is 5.94. The SMILES string of the molecule is CC1(O)CCN(c2ncccc2/C(N)=N/O)CC1. The van der Waals surface area contributed by atoms with Gasteiger partial charge in [-0.3, -0.25) is 0 Å². The van der Waals surface area contributed by atoms with Crippen LogP contribution in [0.4, 0.5) is 5.82 Å². The number of aromatic nitrogens is 1. The van der Waals surface area contributed by atoms with Gasteiger partial charge >= 0.3 is 0 Å². The van der Waals surface area contributed by atoms with E-state index in [0.717, 1.165) is 0 Å². The number of hydrogen-bond donors (Lipinski definition) is 3. The zero-order valence-electron chi connectivity index (χ0n) is 10.4. The highest BCUT2D eigenvalue weighted by atomic mass is 16.4. The van der Waals surface area contributed by atoms with Gasteiger partial charge in [-0.1, -0.05) is 5.16 Å². The van der Waals surface area contributed by atoms with E-state index in [1.165, 1.54) is 0 Å². The van der Waals surface area contributed by atoms with Crippen LogP contribution in [0.2, 0.25) is 0 Å². The van der Waals surface area contributed by atoms with Crippen molar-refractivity contribution in [2.45, 2.75) is 25.4 Å². The van der Waals surface area contributed by atoms with Gasteiger partial charge in [-0.2, -0.15) is 0 Å². The van der Waals surface area contributed by atoms with Crippen LogP contribution in [0, 0.1) is 0 Å². The van der Waals surface area contributed by atoms with Crippen molar-refractivity contribution in [3.8, 4) is 0 Å². The second-order valence-electron chi connectivity index (χ2n) is 4.84. The van der Waals surface area contributed by atoms with Crippen LogP contribution < -0.4 is 10.6 Å². The van der Waals surface area contributed by atoms with E-state index in [4.69, 9.17) is 10.9 Å². The number of nitrogens with zero attached hydrogens (tertiary/aromatic N) is 3. The van der Waals surface area contributed by atoms with E-state index in [2.05, 4.69) is 10.1 Å². The smallest absolute Gasteiger partial charge is 0.173 e. The minimum Gasteiger partial charge on any atom is -0.409 e. The Bertz CT molecular complexity index is 449. The summed E-state index contributed by atoms with van der Waals surface area (Å²) in [6.45, 7) is 3.25. The maximum absolute atomic E-state index is 9.93. The number of amidine groups is 1. The van der Waals surface area contributed by atoms with Crippen LogP contribution >= 0.6 is 0 Å². The number of piperidine rings is 1. The molecule has 1 saturated heterocycles. The number of pyridine rings is 1. The number of anilines is 1. The molecule has 2 heterocycles. The van der Waals surface area contributed by atoms with Crippen molar-refractivity contribution >= 4 is 11.7 Å². The Hall–Kier alpha value is -1.82. The van der Waals surface area contributed by atoms with E-state index < -0.39 is 5.60 Å². The van der Waals surface area contributed by atoms with Gasteiger partial charge in [0.1, 0.15) is 5.82 Å². The quantitative estimate of drug-likeness (QED) is 0.308. The minimum atomic E-state index is -0.609. The van der Waals surface area contributed by atoms with Gasteiger partial charge in [-0.25, -0.2) is 4.98 Å². The monoisotopic (exact) mass is 250 g/mol. The first kappa shape index (κ1) is 12.6. The van der Waals surface area contributed by atoms with Gasteiger partial charge < -0.3 is 20.9 Å². The van der Waals surface area contributed by atoms with Crippen molar-refractivity contribution in [2.24, 2.45) is 10.9 Å². The summed E-state index contributed by atoms with van der Waals surface area (Å²) in [5.74, 6) is 0.749. The fourth-order valence-electron chi connectivity index (χ4n) is 2.10. The van der Waals surface area contributed by atoms with Gasteiger partial charge in [-0.05, 0) is 31.9 Å². The molecular weight excluding hydrogens is 232 g/mol. The van der Waals surface area contributed by atoms with Gasteiger partial charge in [0.05, 0.1) is 11.2 Å². The largest absolute Gasteiger partial charge is 0.409 e. The van der Waals surface area contributed by atoms with Crippen molar-refractivity contribution in [1.82, 2.24) is 4.98 Å². The predicted molar refractivity (Wildman–Crippen MR) is 68.8 cm³/mol. The standard InChI is InChI=1S/C12H18N4O2/c1-12(17)4-7-16(8-5-12)11-9(10(13)15-18)3-2-6-14-11/h2-3,6,17-18H,4-5,7-8H2,1H3,(H2,13,15). The topological polar surface area (TPSA) is 95.0 Å². The molecule has 6 nitrogen and oxygen atoms in total. The molecule has 0 bridgehead atoms. The molecule has 0 saturated carbocycles. The second kappa shape index (κ2) is 4.81. The first-order valence-electron chi connectivity index (χ1n) is 5.94. The van der Waals surface area contributed by atoms with Crippen molar-refractivity contribution in [3.63, 3.8) is 0 Å². The van der Waals surface area contributed by atoms with Crippen LogP contribution in [0.3, 0.4) is 0 Å². The lowest BCUT2D eigenvalue weighted by atomic mass is 9.93. The molecule has 18 heavy (non-hydrogen) atoms. The zero-order valence-corrected chi connectivity index (χ0v) is 10.4. The van der Waals surface area contributed by atoms with Crippen molar-refractivity contribution in [3.05, 3.63) is 23.9 Å². The highest BCUT2D eigenvalue weighted by molar-refractivity contribution is 6.01. The van der Waals surface area contributed by atoms with E-state index in [1.54, 1.807) is 18.3 Å². The average Bonchev–Trinajstić information content (AvgIpc) is 2.38. The summed E-state index contributed by atoms with van der Waals surface area (Å²) in [5.41, 5.74) is 5.64. The van der Waals surface area contributed by atoms with E-state index in [0.29, 0.717) is 37.3 Å². The van der Waals surface area contributed by atoms with E-state index >= 15 is 0 Å². The van der Waals surface area contributed by atoms with Gasteiger partial charge in [-0.15, -0.1) is 0 Å². The molecule has 0 aromatic carbocycles. The molecule has 2 rings (SSSR count). The Morgan fingerprint density at radius 1 is 1.50 bits per heavy atom. The maximum atomic E-state index is 9.93. The number of aliphatic hydroxyl groups is 1. The fraction of sp³-hybridized carbons (Fsp3) is 0.500. The first-order chi connectivity index (χ1) is 8.53. The molecule has 6 heteroatoms. The van der Waals surface area contributed by atoms with Gasteiger partial charge in [0, 0.05) is 19.3 Å². The fourth-order valence-corrected chi connectivity index (χ4v) is 2.10. The van der Waals surface area contributed by atoms with Gasteiger partial charge in [0.25, 0.3) is 0 Å². The summed E-state index contributed by atoms with van der Waals surface area (Å²) in [6, 6.07) is 3.51. The molecule has 98 valence electrons. The minimum absolute atomic E-state index is 0.0513. The lowest BCUT2D eigenvalue weighted by Gasteiger charge is -2.37. The van der Waals surface area contributed by atoms with Crippen LogP contribution in [-0.2, 0) is 0 Å². The second-order valence-corrected chi connectivity index (χ2v) is 4.84. The van der Waals surface area contributed by atoms with Crippen LogP contribution in [0.25, 0.3) is 0 Å². The Morgan fingerprint density at radius 3 is 2.78 bits per heavy atom. The third-order valence-electron chi connectivity index (χ3n) is 3.31. The molecule has 1 aliphatic rings. The van der Waals surface area contributed by atoms with Crippen molar-refractivity contribution < 1.29 is 10.3 Å². The van der Waals surface area contributed by atoms with Crippen LogP contribution in [-0.4, -0.2) is 39.8 Å². The molecular formula is C12H18N4O2. The molecule has 0 aliphatic carbocycles. The van der Waals surface area contributed by atoms with Crippen LogP contribution in [0.5, 0.6) is 0 Å². The average molecular weight is 250 g/mol. The molecule has 1 aliphatic heterocycles. The Labute approximate surface area is 106 Å². The Morgan fingerprint density at radius 2 is 2.17 bits per heavy atom. The number of nitrogens with two attached hydrogens (primary N) is 1. The van der Waals surface area contributed by atoms with Gasteiger partial charge in [0.2, 0.25) is 0 Å². The van der Waals surface area contributed by atoms with E-state index in [9.17, 15) is 5.11 Å². The van der Waals surface area contributed by atoms with Crippen molar-refractivity contribution in [1.29, 1.82) is 0 Å². The van der Waals surface area contributed by atoms with Crippen LogP contribution in [0.1, 0.15) is 25.3 Å². The lowest BCUT2D eigenvalue weighted by Crippen LogP contribution is -2.43. The molecule has 0 unspecified atom stereocenters. The highest BCUT2D eigenvalue weighted by Crippen LogP contribution is 2.26. The van der Waals surface area contributed by atoms with Crippen molar-refractivity contribution in [2.75, 3.05) is 18.0 Å². The third-order valence-corrected chi connectivity index (χ3v) is 3.31. The summed E-state index contributed by atoms with van der Waals surface area (Å²) in [7, 11) is 0.